The number of H-pyrrole nitrogens is 1. The van der Waals surface area contributed by atoms with E-state index in [2.05, 4.69) is 32.8 Å². The maximum atomic E-state index is 12.2. The van der Waals surface area contributed by atoms with Gasteiger partial charge in [-0.05, 0) is 44.9 Å². The maximum Gasteiger partial charge on any atom is 0.306 e. The number of aromatic amines is 1. The van der Waals surface area contributed by atoms with E-state index < -0.39 is 23.8 Å². The summed E-state index contributed by atoms with van der Waals surface area (Å²) in [5.41, 5.74) is 6.33. The highest BCUT2D eigenvalue weighted by Crippen LogP contribution is 2.15. The number of amides is 3. The Balaban J connectivity index is 1.93. The number of imidazole rings is 1. The molecule has 1 rings (SSSR count). The second-order valence-electron chi connectivity index (χ2n) is 14.1. The molecule has 0 spiro atoms. The first-order valence-electron chi connectivity index (χ1n) is 20.6. The lowest BCUT2D eigenvalue weighted by molar-refractivity contribution is -0.144. The van der Waals surface area contributed by atoms with Crippen molar-refractivity contribution >= 4 is 41.0 Å². The predicted octanol–water partition coefficient (Wildman–Crippen LogP) is 1.97. The number of Topliss-reactive ketones (excluding diaryl/α,β-unsaturated/α-hetero) is 3. The minimum atomic E-state index is -1.07. The van der Waals surface area contributed by atoms with Crippen molar-refractivity contribution in [3.05, 3.63) is 18.2 Å². The van der Waals surface area contributed by atoms with E-state index in [0.29, 0.717) is 58.1 Å². The Morgan fingerprint density at radius 2 is 1.40 bits per heavy atom. The Labute approximate surface area is 342 Å². The molecular formula is C40H68N6O12. The molecule has 0 aliphatic rings. The Morgan fingerprint density at radius 3 is 2.10 bits per heavy atom. The number of ketones is 3. The largest absolute Gasteiger partial charge is 0.481 e. The lowest BCUT2D eigenvalue weighted by atomic mass is 9.94. The summed E-state index contributed by atoms with van der Waals surface area (Å²) >= 11 is 0. The molecule has 1 aromatic rings. The van der Waals surface area contributed by atoms with Gasteiger partial charge in [0.2, 0.25) is 17.7 Å². The summed E-state index contributed by atoms with van der Waals surface area (Å²) in [7, 11) is 0. The molecule has 0 saturated heterocycles. The van der Waals surface area contributed by atoms with Crippen molar-refractivity contribution in [2.24, 2.45) is 11.7 Å². The molecule has 1 unspecified atom stereocenters. The Morgan fingerprint density at radius 1 is 0.707 bits per heavy atom. The van der Waals surface area contributed by atoms with Crippen molar-refractivity contribution in [2.45, 2.75) is 116 Å². The van der Waals surface area contributed by atoms with Crippen LogP contribution in [0.2, 0.25) is 0 Å². The number of primary amides is 1. The van der Waals surface area contributed by atoms with Crippen molar-refractivity contribution in [1.82, 2.24) is 25.9 Å². The molecule has 58 heavy (non-hydrogen) atoms. The number of carbonyl (C=O) groups excluding carboxylic acids is 6. The van der Waals surface area contributed by atoms with Gasteiger partial charge in [-0.25, -0.2) is 4.98 Å². The summed E-state index contributed by atoms with van der Waals surface area (Å²) in [5, 5.41) is 17.8. The van der Waals surface area contributed by atoms with Crippen LogP contribution < -0.4 is 21.7 Å². The van der Waals surface area contributed by atoms with Gasteiger partial charge in [0.15, 0.2) is 5.78 Å². The van der Waals surface area contributed by atoms with Crippen LogP contribution in [0.25, 0.3) is 0 Å². The number of aliphatic carboxylic acids is 1. The number of unbranched alkanes of at least 4 members (excludes halogenated alkanes) is 5. The first-order chi connectivity index (χ1) is 28.0. The highest BCUT2D eigenvalue weighted by atomic mass is 16.5. The lowest BCUT2D eigenvalue weighted by Crippen LogP contribution is -2.43. The van der Waals surface area contributed by atoms with E-state index in [1.54, 1.807) is 12.5 Å². The number of rotatable bonds is 41. The lowest BCUT2D eigenvalue weighted by Gasteiger charge is -2.15. The van der Waals surface area contributed by atoms with Crippen molar-refractivity contribution in [2.75, 3.05) is 72.5 Å². The topological polar surface area (TPSA) is 267 Å². The molecule has 0 aliphatic carbocycles. The highest BCUT2D eigenvalue weighted by molar-refractivity contribution is 5.85. The number of aromatic nitrogens is 2. The van der Waals surface area contributed by atoms with E-state index in [1.807, 2.05) is 0 Å². The van der Waals surface area contributed by atoms with Gasteiger partial charge in [-0.15, -0.1) is 0 Å². The Bertz CT molecular complexity index is 1310. The van der Waals surface area contributed by atoms with Crippen molar-refractivity contribution in [3.63, 3.8) is 0 Å². The smallest absolute Gasteiger partial charge is 0.306 e. The molecule has 1 aromatic heterocycles. The van der Waals surface area contributed by atoms with E-state index in [0.717, 1.165) is 37.8 Å². The monoisotopic (exact) mass is 824 g/mol. The SMILES string of the molecule is CCCCCCCC(=O)CC(CCC(=O)NCCOCCOCC(=O)CCCOCCOCC(=O)NCCCC[C@H](NCC(=O)CCc1cnc[nH]1)C(N)=O)C(=O)O. The number of aryl methyl sites for hydroxylation is 1. The average molecular weight is 825 g/mol. The maximum absolute atomic E-state index is 12.2. The van der Waals surface area contributed by atoms with Crippen LogP contribution in [0.1, 0.15) is 109 Å². The first-order valence-corrected chi connectivity index (χ1v) is 20.6. The molecular weight excluding hydrogens is 756 g/mol. The molecule has 2 atom stereocenters. The summed E-state index contributed by atoms with van der Waals surface area (Å²) in [6.45, 7) is 4.14. The molecule has 3 amide bonds. The van der Waals surface area contributed by atoms with Crippen molar-refractivity contribution < 1.29 is 57.6 Å². The van der Waals surface area contributed by atoms with Crippen LogP contribution in [0.3, 0.4) is 0 Å². The molecule has 1 heterocycles. The van der Waals surface area contributed by atoms with Crippen LogP contribution in [0.5, 0.6) is 0 Å². The van der Waals surface area contributed by atoms with Gasteiger partial charge in [-0.3, -0.25) is 38.9 Å². The van der Waals surface area contributed by atoms with Gasteiger partial charge in [-0.1, -0.05) is 32.6 Å². The van der Waals surface area contributed by atoms with E-state index in [4.69, 9.17) is 24.7 Å². The molecule has 0 aliphatic heterocycles. The van der Waals surface area contributed by atoms with Crippen LogP contribution in [-0.4, -0.2) is 135 Å². The van der Waals surface area contributed by atoms with Gasteiger partial charge in [0.05, 0.1) is 57.9 Å². The fraction of sp³-hybridized carbons (Fsp3) is 0.750. The Hall–Kier alpha value is -4.10. The van der Waals surface area contributed by atoms with Crippen molar-refractivity contribution in [3.8, 4) is 0 Å². The third kappa shape index (κ3) is 30.0. The number of nitrogens with one attached hydrogen (secondary N) is 4. The van der Waals surface area contributed by atoms with Crippen LogP contribution in [0.4, 0.5) is 0 Å². The van der Waals surface area contributed by atoms with Gasteiger partial charge in [0.25, 0.3) is 0 Å². The minimum Gasteiger partial charge on any atom is -0.481 e. The van der Waals surface area contributed by atoms with Gasteiger partial charge < -0.3 is 45.4 Å². The molecule has 7 N–H and O–H groups in total. The zero-order chi connectivity index (χ0) is 42.6. The van der Waals surface area contributed by atoms with Gasteiger partial charge in [0, 0.05) is 63.7 Å². The van der Waals surface area contributed by atoms with Gasteiger partial charge >= 0.3 is 5.97 Å². The minimum absolute atomic E-state index is 0.0101. The number of ether oxygens (including phenoxy) is 4. The molecule has 330 valence electrons. The molecule has 18 nitrogen and oxygen atoms in total. The van der Waals surface area contributed by atoms with E-state index in [9.17, 15) is 38.7 Å². The van der Waals surface area contributed by atoms with Crippen LogP contribution in [-0.2, 0) is 58.9 Å². The summed E-state index contributed by atoms with van der Waals surface area (Å²) in [4.78, 5) is 90.6. The number of nitrogens with two attached hydrogens (primary N) is 1. The highest BCUT2D eigenvalue weighted by Gasteiger charge is 2.22. The number of carboxylic acids is 1. The molecule has 0 radical (unpaired) electrons. The number of carboxylic acid groups (broad SMARTS) is 1. The number of carbonyl (C=O) groups is 7. The third-order valence-electron chi connectivity index (χ3n) is 9.01. The summed E-state index contributed by atoms with van der Waals surface area (Å²) < 4.78 is 21.5. The van der Waals surface area contributed by atoms with E-state index >= 15 is 0 Å². The second kappa shape index (κ2) is 34.9. The Kier molecular flexibility index (Phi) is 31.2. The average Bonchev–Trinajstić information content (AvgIpc) is 3.72. The first kappa shape index (κ1) is 51.9. The summed E-state index contributed by atoms with van der Waals surface area (Å²) in [5.74, 6) is -3.23. The standard InChI is InChI=1S/C40H68N6O12/c1-2-3-4-5-6-10-33(47)25-31(40(53)54)13-16-37(50)44-18-20-56-22-23-57-28-35(49)11-9-19-55-21-24-58-29-38(51)43-17-8-7-12-36(39(41)52)45-27-34(48)15-14-32-26-42-30-46-32/h26,30-31,36,45H,2-25,27-29H2,1H3,(H2,41,52)(H,42,46)(H,43,51)(H,44,50)(H,53,54)/t31?,36-/m0/s1. The summed E-state index contributed by atoms with van der Waals surface area (Å²) in [6, 6.07) is -0.630. The predicted molar refractivity (Wildman–Crippen MR) is 214 cm³/mol. The van der Waals surface area contributed by atoms with Gasteiger partial charge in [0.1, 0.15) is 24.8 Å². The second-order valence-corrected chi connectivity index (χ2v) is 14.1. The number of hydrogen-bond acceptors (Lipinski definition) is 13. The van der Waals surface area contributed by atoms with Crippen LogP contribution >= 0.6 is 0 Å². The molecule has 0 aromatic carbocycles. The number of nitrogens with zero attached hydrogens (tertiary/aromatic N) is 1. The van der Waals surface area contributed by atoms with E-state index in [-0.39, 0.29) is 114 Å². The third-order valence-corrected chi connectivity index (χ3v) is 9.01. The quantitative estimate of drug-likeness (QED) is 0.0516. The zero-order valence-corrected chi connectivity index (χ0v) is 34.4. The molecule has 0 bridgehead atoms. The molecule has 0 fully saturated rings. The normalized spacial score (nSPS) is 12.2. The molecule has 18 heteroatoms. The zero-order valence-electron chi connectivity index (χ0n) is 34.4. The fourth-order valence-corrected chi connectivity index (χ4v) is 5.62. The fourth-order valence-electron chi connectivity index (χ4n) is 5.62. The van der Waals surface area contributed by atoms with Gasteiger partial charge in [-0.2, -0.15) is 0 Å². The van der Waals surface area contributed by atoms with Crippen LogP contribution in [0.15, 0.2) is 12.5 Å². The number of hydrogen-bond donors (Lipinski definition) is 6. The summed E-state index contributed by atoms with van der Waals surface area (Å²) in [6.07, 6.45) is 12.0. The van der Waals surface area contributed by atoms with E-state index in [1.165, 1.54) is 0 Å². The van der Waals surface area contributed by atoms with Crippen LogP contribution in [0, 0.1) is 5.92 Å². The molecule has 0 saturated carbocycles. The van der Waals surface area contributed by atoms with Crippen molar-refractivity contribution in [1.29, 1.82) is 0 Å².